The molecule has 0 aliphatic heterocycles. The minimum absolute atomic E-state index is 0.132. The van der Waals surface area contributed by atoms with Crippen molar-refractivity contribution in [3.8, 4) is 11.4 Å². The van der Waals surface area contributed by atoms with Crippen LogP contribution in [0.1, 0.15) is 32.6 Å². The van der Waals surface area contributed by atoms with Crippen LogP contribution in [-0.2, 0) is 0 Å². The van der Waals surface area contributed by atoms with E-state index < -0.39 is 6.10 Å². The number of nitrogens with zero attached hydrogens (tertiary/aromatic N) is 3. The van der Waals surface area contributed by atoms with Gasteiger partial charge in [-0.2, -0.15) is 0 Å². The van der Waals surface area contributed by atoms with Gasteiger partial charge in [0.05, 0.1) is 16.1 Å². The Hall–Kier alpha value is -2.64. The second-order valence-corrected chi connectivity index (χ2v) is 6.52. The number of benzene rings is 1. The predicted octanol–water partition coefficient (Wildman–Crippen LogP) is 2.68. The Morgan fingerprint density at radius 2 is 2.00 bits per heavy atom. The van der Waals surface area contributed by atoms with Crippen LogP contribution in [0.15, 0.2) is 42.2 Å². The van der Waals surface area contributed by atoms with Gasteiger partial charge >= 0.3 is 0 Å². The van der Waals surface area contributed by atoms with E-state index in [-0.39, 0.29) is 12.5 Å². The molecular weight excluding hydrogens is 336 g/mol. The van der Waals surface area contributed by atoms with Gasteiger partial charge in [0.25, 0.3) is 5.91 Å². The number of nitrogens with one attached hydrogen (secondary N) is 1. The molecule has 1 aromatic carbocycles. The van der Waals surface area contributed by atoms with Crippen LogP contribution in [0.2, 0.25) is 0 Å². The van der Waals surface area contributed by atoms with Gasteiger partial charge in [-0.05, 0) is 31.5 Å². The molecule has 128 valence electrons. The number of rotatable bonds is 5. The van der Waals surface area contributed by atoms with E-state index in [1.54, 1.807) is 30.0 Å². The van der Waals surface area contributed by atoms with E-state index in [1.807, 2.05) is 26.0 Å². The summed E-state index contributed by atoms with van der Waals surface area (Å²) in [5, 5.41) is 13.0. The summed E-state index contributed by atoms with van der Waals surface area (Å²) >= 11 is 1.38. The minimum Gasteiger partial charge on any atom is -0.386 e. The van der Waals surface area contributed by atoms with E-state index in [4.69, 9.17) is 0 Å². The highest BCUT2D eigenvalue weighted by atomic mass is 32.1. The molecular formula is C18H18N4O2S. The van der Waals surface area contributed by atoms with Crippen LogP contribution in [0, 0.1) is 13.8 Å². The summed E-state index contributed by atoms with van der Waals surface area (Å²) in [5.74, 6) is 0.327. The molecule has 0 saturated carbocycles. The highest BCUT2D eigenvalue weighted by molar-refractivity contribution is 7.09. The lowest BCUT2D eigenvalue weighted by Crippen LogP contribution is -2.29. The Balaban J connectivity index is 1.75. The molecule has 2 N–H and O–H groups in total. The van der Waals surface area contributed by atoms with Crippen molar-refractivity contribution < 1.29 is 9.90 Å². The van der Waals surface area contributed by atoms with Gasteiger partial charge < -0.3 is 10.4 Å². The van der Waals surface area contributed by atoms with Crippen LogP contribution < -0.4 is 5.32 Å². The Morgan fingerprint density at radius 3 is 2.68 bits per heavy atom. The molecule has 0 saturated heterocycles. The van der Waals surface area contributed by atoms with Gasteiger partial charge in [-0.1, -0.05) is 12.1 Å². The highest BCUT2D eigenvalue weighted by Crippen LogP contribution is 2.22. The number of carbonyl (C=O) groups is 1. The lowest BCUT2D eigenvalue weighted by Gasteiger charge is -2.13. The average Bonchev–Trinajstić information content (AvgIpc) is 3.06. The third-order valence-corrected chi connectivity index (χ3v) is 4.88. The number of aliphatic hydroxyl groups excluding tert-OH is 1. The largest absolute Gasteiger partial charge is 0.386 e. The van der Waals surface area contributed by atoms with Crippen molar-refractivity contribution in [3.63, 3.8) is 0 Å². The summed E-state index contributed by atoms with van der Waals surface area (Å²) in [6.07, 6.45) is 2.56. The van der Waals surface area contributed by atoms with Gasteiger partial charge in [-0.15, -0.1) is 11.3 Å². The molecule has 0 aliphatic rings. The first kappa shape index (κ1) is 17.2. The Kier molecular flexibility index (Phi) is 5.16. The van der Waals surface area contributed by atoms with Crippen LogP contribution >= 0.6 is 11.3 Å². The molecule has 0 spiro atoms. The number of aryl methyl sites for hydroxylation is 2. The zero-order valence-electron chi connectivity index (χ0n) is 13.9. The maximum Gasteiger partial charge on any atom is 0.251 e. The fourth-order valence-electron chi connectivity index (χ4n) is 2.46. The Morgan fingerprint density at radius 1 is 1.24 bits per heavy atom. The normalized spacial score (nSPS) is 12.0. The van der Waals surface area contributed by atoms with E-state index >= 15 is 0 Å². The van der Waals surface area contributed by atoms with Gasteiger partial charge in [0.15, 0.2) is 5.82 Å². The zero-order valence-corrected chi connectivity index (χ0v) is 14.7. The summed E-state index contributed by atoms with van der Waals surface area (Å²) in [7, 11) is 0. The van der Waals surface area contributed by atoms with Crippen molar-refractivity contribution in [3.05, 3.63) is 63.9 Å². The summed E-state index contributed by atoms with van der Waals surface area (Å²) in [5.41, 5.74) is 4.63. The molecule has 0 fully saturated rings. The molecule has 25 heavy (non-hydrogen) atoms. The van der Waals surface area contributed by atoms with Crippen molar-refractivity contribution in [2.45, 2.75) is 20.0 Å². The molecule has 7 heteroatoms. The smallest absolute Gasteiger partial charge is 0.251 e. The number of aromatic nitrogens is 3. The first-order valence-corrected chi connectivity index (χ1v) is 8.68. The first-order valence-electron chi connectivity index (χ1n) is 7.80. The van der Waals surface area contributed by atoms with Gasteiger partial charge in [-0.3, -0.25) is 4.79 Å². The zero-order chi connectivity index (χ0) is 17.8. The monoisotopic (exact) mass is 354 g/mol. The average molecular weight is 354 g/mol. The van der Waals surface area contributed by atoms with Crippen LogP contribution in [0.4, 0.5) is 0 Å². The molecule has 1 amide bonds. The lowest BCUT2D eigenvalue weighted by atomic mass is 10.0. The van der Waals surface area contributed by atoms with Crippen LogP contribution in [0.25, 0.3) is 11.4 Å². The number of hydrogen-bond donors (Lipinski definition) is 2. The van der Waals surface area contributed by atoms with E-state index in [1.165, 1.54) is 11.3 Å². The fraction of sp³-hybridized carbons (Fsp3) is 0.222. The Labute approximate surface area is 149 Å². The summed E-state index contributed by atoms with van der Waals surface area (Å²) in [4.78, 5) is 25.8. The summed E-state index contributed by atoms with van der Waals surface area (Å²) in [6.45, 7) is 3.84. The van der Waals surface area contributed by atoms with Gasteiger partial charge in [0, 0.05) is 30.1 Å². The maximum absolute atomic E-state index is 12.5. The third-order valence-electron chi connectivity index (χ3n) is 3.85. The quantitative estimate of drug-likeness (QED) is 0.735. The molecule has 0 aliphatic carbocycles. The molecule has 3 aromatic rings. The Bertz CT molecular complexity index is 880. The topological polar surface area (TPSA) is 88.0 Å². The molecule has 0 bridgehead atoms. The SMILES string of the molecule is Cc1ccc(-c2ncccn2)cc1C(=O)NC[C@@H](O)c1scnc1C. The summed E-state index contributed by atoms with van der Waals surface area (Å²) in [6, 6.07) is 7.26. The van der Waals surface area contributed by atoms with Crippen LogP contribution in [0.5, 0.6) is 0 Å². The van der Waals surface area contributed by atoms with E-state index in [9.17, 15) is 9.90 Å². The maximum atomic E-state index is 12.5. The second-order valence-electron chi connectivity index (χ2n) is 5.63. The fourth-order valence-corrected chi connectivity index (χ4v) is 3.25. The van der Waals surface area contributed by atoms with Crippen molar-refractivity contribution in [1.82, 2.24) is 20.3 Å². The molecule has 2 aromatic heterocycles. The van der Waals surface area contributed by atoms with Gasteiger partial charge in [-0.25, -0.2) is 15.0 Å². The summed E-state index contributed by atoms with van der Waals surface area (Å²) < 4.78 is 0. The van der Waals surface area contributed by atoms with Crippen molar-refractivity contribution in [2.24, 2.45) is 0 Å². The molecule has 0 unspecified atom stereocenters. The molecule has 1 atom stereocenters. The molecule has 0 radical (unpaired) electrons. The lowest BCUT2D eigenvalue weighted by molar-refractivity contribution is 0.0917. The standard InChI is InChI=1S/C18H18N4O2S/c1-11-4-5-13(17-19-6-3-7-20-17)8-14(11)18(24)21-9-15(23)16-12(2)22-10-25-16/h3-8,10,15,23H,9H2,1-2H3,(H,21,24)/t15-/m1/s1. The van der Waals surface area contributed by atoms with Crippen LogP contribution in [-0.4, -0.2) is 32.5 Å². The minimum atomic E-state index is -0.766. The first-order chi connectivity index (χ1) is 12.1. The third kappa shape index (κ3) is 3.89. The van der Waals surface area contributed by atoms with E-state index in [0.717, 1.165) is 21.7 Å². The van der Waals surface area contributed by atoms with Gasteiger partial charge in [0.1, 0.15) is 6.10 Å². The molecule has 3 rings (SSSR count). The van der Waals surface area contributed by atoms with Crippen molar-refractivity contribution in [1.29, 1.82) is 0 Å². The number of thiazole rings is 1. The van der Waals surface area contributed by atoms with E-state index in [2.05, 4.69) is 20.3 Å². The molecule has 2 heterocycles. The predicted molar refractivity (Wildman–Crippen MR) is 96.3 cm³/mol. The van der Waals surface area contributed by atoms with Gasteiger partial charge in [0.2, 0.25) is 0 Å². The van der Waals surface area contributed by atoms with Crippen molar-refractivity contribution in [2.75, 3.05) is 6.54 Å². The number of aliphatic hydroxyl groups is 1. The number of hydrogen-bond acceptors (Lipinski definition) is 6. The van der Waals surface area contributed by atoms with Crippen molar-refractivity contribution >= 4 is 17.2 Å². The second kappa shape index (κ2) is 7.50. The highest BCUT2D eigenvalue weighted by Gasteiger charge is 2.16. The molecule has 6 nitrogen and oxygen atoms in total. The number of amides is 1. The van der Waals surface area contributed by atoms with E-state index in [0.29, 0.717) is 11.4 Å². The van der Waals surface area contributed by atoms with Crippen LogP contribution in [0.3, 0.4) is 0 Å². The number of carbonyl (C=O) groups excluding carboxylic acids is 1.